The number of likely N-dealkylation sites (tertiary alicyclic amines) is 1. The number of halogens is 2. The van der Waals surface area contributed by atoms with Crippen molar-refractivity contribution >= 4 is 11.7 Å². The Morgan fingerprint density at radius 1 is 1.17 bits per heavy atom. The summed E-state index contributed by atoms with van der Waals surface area (Å²) in [6.07, 6.45) is 2.39. The monoisotopic (exact) mass is 414 g/mol. The minimum absolute atomic E-state index is 0.174. The van der Waals surface area contributed by atoms with Crippen LogP contribution in [0.15, 0.2) is 47.0 Å². The fourth-order valence-electron chi connectivity index (χ4n) is 3.43. The van der Waals surface area contributed by atoms with Gasteiger partial charge in [0.1, 0.15) is 11.8 Å². The van der Waals surface area contributed by atoms with E-state index in [0.717, 1.165) is 36.3 Å². The number of nitrogens with zero attached hydrogens (tertiary/aromatic N) is 3. The number of aromatic nitrogens is 2. The summed E-state index contributed by atoms with van der Waals surface area (Å²) < 4.78 is 37.2. The van der Waals surface area contributed by atoms with Crippen LogP contribution in [0.2, 0.25) is 0 Å². The molecule has 30 heavy (non-hydrogen) atoms. The van der Waals surface area contributed by atoms with E-state index >= 15 is 0 Å². The molecule has 0 bridgehead atoms. The van der Waals surface area contributed by atoms with Crippen LogP contribution in [-0.2, 0) is 0 Å². The summed E-state index contributed by atoms with van der Waals surface area (Å²) in [4.78, 5) is 18.8. The zero-order chi connectivity index (χ0) is 21.1. The van der Waals surface area contributed by atoms with Gasteiger partial charge in [0.25, 0.3) is 0 Å². The van der Waals surface area contributed by atoms with Crippen molar-refractivity contribution < 1.29 is 22.8 Å². The fourth-order valence-corrected chi connectivity index (χ4v) is 3.43. The van der Waals surface area contributed by atoms with E-state index in [9.17, 15) is 13.6 Å². The van der Waals surface area contributed by atoms with Crippen molar-refractivity contribution in [2.24, 2.45) is 0 Å². The van der Waals surface area contributed by atoms with E-state index in [4.69, 9.17) is 9.26 Å². The molecule has 1 aliphatic heterocycles. The van der Waals surface area contributed by atoms with Crippen LogP contribution in [-0.4, -0.2) is 34.7 Å². The number of carbonyl (C=O) groups excluding carboxylic acids is 1. The molecule has 4 rings (SSSR count). The lowest BCUT2D eigenvalue weighted by Gasteiger charge is -2.33. The molecule has 1 atom stereocenters. The van der Waals surface area contributed by atoms with Crippen LogP contribution in [0.1, 0.15) is 31.2 Å². The quantitative estimate of drug-likeness (QED) is 0.664. The van der Waals surface area contributed by atoms with Crippen molar-refractivity contribution in [1.29, 1.82) is 0 Å². The molecule has 0 spiro atoms. The van der Waals surface area contributed by atoms with Crippen LogP contribution in [0.25, 0.3) is 11.4 Å². The fraction of sp³-hybridized carbons (Fsp3) is 0.286. The minimum atomic E-state index is -1.02. The maximum atomic E-state index is 13.4. The summed E-state index contributed by atoms with van der Waals surface area (Å²) in [6, 6.07) is 9.63. The maximum Gasteiger partial charge on any atom is 0.322 e. The lowest BCUT2D eigenvalue weighted by atomic mass is 10.0. The number of urea groups is 1. The summed E-state index contributed by atoms with van der Waals surface area (Å²) in [7, 11) is 1.59. The first-order valence-corrected chi connectivity index (χ1v) is 9.56. The Morgan fingerprint density at radius 2 is 1.97 bits per heavy atom. The highest BCUT2D eigenvalue weighted by Crippen LogP contribution is 2.32. The van der Waals surface area contributed by atoms with Gasteiger partial charge in [-0.25, -0.2) is 13.6 Å². The van der Waals surface area contributed by atoms with Crippen LogP contribution in [0, 0.1) is 11.6 Å². The van der Waals surface area contributed by atoms with Crippen LogP contribution in [0.4, 0.5) is 19.3 Å². The number of amides is 2. The molecule has 2 aromatic carbocycles. The van der Waals surface area contributed by atoms with Crippen LogP contribution in [0.5, 0.6) is 5.75 Å². The molecular weight excluding hydrogens is 394 g/mol. The largest absolute Gasteiger partial charge is 0.497 e. The van der Waals surface area contributed by atoms with Gasteiger partial charge in [-0.2, -0.15) is 4.98 Å². The normalized spacial score (nSPS) is 16.4. The van der Waals surface area contributed by atoms with Crippen LogP contribution < -0.4 is 10.1 Å². The van der Waals surface area contributed by atoms with Crippen LogP contribution >= 0.6 is 0 Å². The Hall–Kier alpha value is -3.49. The lowest BCUT2D eigenvalue weighted by Crippen LogP contribution is -2.41. The van der Waals surface area contributed by atoms with E-state index in [1.165, 1.54) is 6.07 Å². The summed E-state index contributed by atoms with van der Waals surface area (Å²) in [5.41, 5.74) is 0.937. The molecule has 1 saturated heterocycles. The van der Waals surface area contributed by atoms with Crippen molar-refractivity contribution in [2.45, 2.75) is 25.3 Å². The second kappa shape index (κ2) is 8.48. The number of hydrogen-bond acceptors (Lipinski definition) is 5. The van der Waals surface area contributed by atoms with Gasteiger partial charge in [0.05, 0.1) is 7.11 Å². The van der Waals surface area contributed by atoms with E-state index < -0.39 is 23.7 Å². The molecule has 3 aromatic rings. The van der Waals surface area contributed by atoms with Gasteiger partial charge in [-0.3, -0.25) is 0 Å². The molecule has 0 radical (unpaired) electrons. The molecule has 2 amide bonds. The number of carbonyl (C=O) groups is 1. The van der Waals surface area contributed by atoms with Crippen molar-refractivity contribution in [3.63, 3.8) is 0 Å². The maximum absolute atomic E-state index is 13.4. The molecule has 1 aromatic heterocycles. The van der Waals surface area contributed by atoms with Crippen molar-refractivity contribution in [3.8, 4) is 17.1 Å². The Balaban J connectivity index is 1.52. The molecular formula is C21H20F2N4O3. The Morgan fingerprint density at radius 3 is 2.70 bits per heavy atom. The highest BCUT2D eigenvalue weighted by Gasteiger charge is 2.32. The van der Waals surface area contributed by atoms with Gasteiger partial charge in [0.15, 0.2) is 11.6 Å². The van der Waals surface area contributed by atoms with Gasteiger partial charge in [0.2, 0.25) is 11.7 Å². The number of benzene rings is 2. The van der Waals surface area contributed by atoms with Gasteiger partial charge < -0.3 is 19.5 Å². The van der Waals surface area contributed by atoms with Crippen molar-refractivity contribution in [3.05, 3.63) is 60.0 Å². The smallest absolute Gasteiger partial charge is 0.322 e. The Labute approximate surface area is 171 Å². The third-order valence-corrected chi connectivity index (χ3v) is 5.01. The van der Waals surface area contributed by atoms with Crippen molar-refractivity contribution in [2.75, 3.05) is 19.0 Å². The topological polar surface area (TPSA) is 80.5 Å². The second-order valence-corrected chi connectivity index (χ2v) is 6.95. The number of nitrogens with one attached hydrogen (secondary N) is 1. The number of hydrogen-bond donors (Lipinski definition) is 1. The Bertz CT molecular complexity index is 1040. The minimum Gasteiger partial charge on any atom is -0.497 e. The molecule has 0 saturated carbocycles. The third-order valence-electron chi connectivity index (χ3n) is 5.01. The van der Waals surface area contributed by atoms with E-state index in [1.807, 2.05) is 12.1 Å². The number of rotatable bonds is 4. The number of ether oxygens (including phenoxy) is 1. The lowest BCUT2D eigenvalue weighted by molar-refractivity contribution is 0.142. The predicted octanol–water partition coefficient (Wildman–Crippen LogP) is 4.78. The molecule has 1 aliphatic rings. The standard InChI is InChI=1S/C21H20F2N4O3/c1-29-15-8-5-13(6-9-15)19-25-20(30-26-19)18-4-2-3-11-27(18)21(28)24-14-7-10-16(22)17(23)12-14/h5-10,12,18H,2-4,11H2,1H3,(H,24,28). The highest BCUT2D eigenvalue weighted by molar-refractivity contribution is 5.89. The zero-order valence-electron chi connectivity index (χ0n) is 16.3. The number of anilines is 1. The predicted molar refractivity (Wildman–Crippen MR) is 105 cm³/mol. The highest BCUT2D eigenvalue weighted by atomic mass is 19.2. The van der Waals surface area contributed by atoms with Crippen molar-refractivity contribution in [1.82, 2.24) is 15.0 Å². The third kappa shape index (κ3) is 4.10. The van der Waals surface area contributed by atoms with E-state index in [-0.39, 0.29) is 5.69 Å². The zero-order valence-corrected chi connectivity index (χ0v) is 16.3. The van der Waals surface area contributed by atoms with Crippen LogP contribution in [0.3, 0.4) is 0 Å². The average molecular weight is 414 g/mol. The van der Waals surface area contributed by atoms with E-state index in [1.54, 1.807) is 24.1 Å². The summed E-state index contributed by atoms with van der Waals surface area (Å²) in [6.45, 7) is 0.487. The molecule has 1 unspecified atom stereocenters. The molecule has 0 aliphatic carbocycles. The number of methoxy groups -OCH3 is 1. The first kappa shape index (κ1) is 19.8. The van der Waals surface area contributed by atoms with Gasteiger partial charge in [0, 0.05) is 23.9 Å². The molecule has 9 heteroatoms. The number of piperidine rings is 1. The van der Waals surface area contributed by atoms with Gasteiger partial charge in [-0.1, -0.05) is 5.16 Å². The second-order valence-electron chi connectivity index (χ2n) is 6.95. The molecule has 156 valence electrons. The first-order chi connectivity index (χ1) is 14.5. The molecule has 2 heterocycles. The molecule has 1 N–H and O–H groups in total. The van der Waals surface area contributed by atoms with E-state index in [2.05, 4.69) is 15.5 Å². The first-order valence-electron chi connectivity index (χ1n) is 9.56. The van der Waals surface area contributed by atoms with Gasteiger partial charge >= 0.3 is 6.03 Å². The average Bonchev–Trinajstić information content (AvgIpc) is 3.26. The summed E-state index contributed by atoms with van der Waals surface area (Å²) >= 11 is 0. The Kier molecular flexibility index (Phi) is 5.60. The van der Waals surface area contributed by atoms with Gasteiger partial charge in [-0.15, -0.1) is 0 Å². The summed E-state index contributed by atoms with van der Waals surface area (Å²) in [5, 5.41) is 6.65. The molecule has 1 fully saturated rings. The van der Waals surface area contributed by atoms with E-state index in [0.29, 0.717) is 24.7 Å². The van der Waals surface area contributed by atoms with Gasteiger partial charge in [-0.05, 0) is 55.7 Å². The molecule has 7 nitrogen and oxygen atoms in total. The summed E-state index contributed by atoms with van der Waals surface area (Å²) in [5.74, 6) is -0.528. The SMILES string of the molecule is COc1ccc(-c2noc(C3CCCCN3C(=O)Nc3ccc(F)c(F)c3)n2)cc1.